The molecule has 6 nitrogen and oxygen atoms in total. The van der Waals surface area contributed by atoms with Gasteiger partial charge in [0.1, 0.15) is 0 Å². The van der Waals surface area contributed by atoms with E-state index in [0.29, 0.717) is 50.0 Å². The third kappa shape index (κ3) is 6.24. The fourth-order valence-corrected chi connectivity index (χ4v) is 3.68. The van der Waals surface area contributed by atoms with Crippen molar-refractivity contribution in [3.63, 3.8) is 0 Å². The molecule has 29 heavy (non-hydrogen) atoms. The van der Waals surface area contributed by atoms with Gasteiger partial charge in [0.15, 0.2) is 0 Å². The van der Waals surface area contributed by atoms with Gasteiger partial charge in [-0.2, -0.15) is 0 Å². The lowest BCUT2D eigenvalue weighted by Crippen LogP contribution is -2.52. The van der Waals surface area contributed by atoms with E-state index >= 15 is 0 Å². The number of halogens is 1. The number of carbonyl (C=O) groups excluding carboxylic acids is 3. The van der Waals surface area contributed by atoms with Crippen molar-refractivity contribution in [2.24, 2.45) is 0 Å². The van der Waals surface area contributed by atoms with E-state index < -0.39 is 0 Å². The second-order valence-electron chi connectivity index (χ2n) is 6.58. The largest absolute Gasteiger partial charge is 0.334 e. The highest BCUT2D eigenvalue weighted by Crippen LogP contribution is 2.18. The molecule has 2 aromatic rings. The highest BCUT2D eigenvalue weighted by atomic mass is 35.5. The molecule has 1 aliphatic rings. The van der Waals surface area contributed by atoms with Crippen LogP contribution in [-0.2, 0) is 6.54 Å². The maximum atomic E-state index is 12.4. The van der Waals surface area contributed by atoms with Gasteiger partial charge in [-0.05, 0) is 18.1 Å². The Kier molecular flexibility index (Phi) is 8.54. The van der Waals surface area contributed by atoms with Crippen molar-refractivity contribution < 1.29 is 14.4 Å². The number of rotatable bonds is 3. The number of piperazine rings is 1. The first kappa shape index (κ1) is 22.8. The van der Waals surface area contributed by atoms with Crippen molar-refractivity contribution in [2.45, 2.75) is 13.5 Å². The Labute approximate surface area is 181 Å². The molecule has 0 aromatic heterocycles. The van der Waals surface area contributed by atoms with Crippen LogP contribution in [0.4, 0.5) is 9.59 Å². The lowest BCUT2D eigenvalue weighted by Gasteiger charge is -2.34. The fraction of sp³-hybridized carbons (Fsp3) is 0.286. The van der Waals surface area contributed by atoms with Gasteiger partial charge < -0.3 is 15.1 Å². The number of thioether (sulfide) groups is 1. The summed E-state index contributed by atoms with van der Waals surface area (Å²) in [5.74, 6) is 0. The molecule has 0 spiro atoms. The average Bonchev–Trinajstić information content (AvgIpc) is 2.73. The average molecular weight is 434 g/mol. The number of amides is 3. The molecule has 0 aliphatic carbocycles. The van der Waals surface area contributed by atoms with Gasteiger partial charge in [0.05, 0.1) is 0 Å². The third-order valence-electron chi connectivity index (χ3n) is 4.71. The molecule has 1 aliphatic heterocycles. The normalized spacial score (nSPS) is 13.4. The lowest BCUT2D eigenvalue weighted by molar-refractivity contribution is 0.108. The van der Waals surface area contributed by atoms with Crippen molar-refractivity contribution in [3.8, 4) is 0 Å². The van der Waals surface area contributed by atoms with Crippen molar-refractivity contribution in [3.05, 3.63) is 71.3 Å². The molecule has 0 unspecified atom stereocenters. The minimum atomic E-state index is -0.270. The van der Waals surface area contributed by atoms with E-state index in [0.717, 1.165) is 11.1 Å². The molecular formula is C21H24ClN3O3S. The maximum absolute atomic E-state index is 12.4. The quantitative estimate of drug-likeness (QED) is 0.795. The topological polar surface area (TPSA) is 69.7 Å². The Bertz CT molecular complexity index is 855. The van der Waals surface area contributed by atoms with E-state index in [2.05, 4.69) is 5.32 Å². The van der Waals surface area contributed by atoms with Gasteiger partial charge in [0, 0.05) is 50.0 Å². The van der Waals surface area contributed by atoms with Gasteiger partial charge in [-0.15, -0.1) is 12.4 Å². The Balaban J connectivity index is 0.00000300. The zero-order chi connectivity index (χ0) is 19.9. The molecule has 1 saturated heterocycles. The molecule has 1 heterocycles. The second kappa shape index (κ2) is 10.9. The summed E-state index contributed by atoms with van der Waals surface area (Å²) >= 11 is 0.707. The Hall–Kier alpha value is -2.51. The van der Waals surface area contributed by atoms with Crippen LogP contribution in [0.2, 0.25) is 0 Å². The molecule has 154 valence electrons. The van der Waals surface area contributed by atoms with Gasteiger partial charge in [-0.1, -0.05) is 54.6 Å². The van der Waals surface area contributed by atoms with Crippen LogP contribution < -0.4 is 5.32 Å². The lowest BCUT2D eigenvalue weighted by atomic mass is 10.1. The molecular weight excluding hydrogens is 410 g/mol. The predicted octanol–water partition coefficient (Wildman–Crippen LogP) is 3.94. The highest BCUT2D eigenvalue weighted by molar-refractivity contribution is 8.26. The monoisotopic (exact) mass is 433 g/mol. The van der Waals surface area contributed by atoms with Crippen LogP contribution in [0.25, 0.3) is 0 Å². The fourth-order valence-electron chi connectivity index (χ4n) is 2.96. The molecule has 2 aromatic carbocycles. The molecule has 8 heteroatoms. The minimum Gasteiger partial charge on any atom is -0.334 e. The summed E-state index contributed by atoms with van der Waals surface area (Å²) in [5.41, 5.74) is 2.73. The van der Waals surface area contributed by atoms with Crippen LogP contribution >= 0.6 is 24.2 Å². The van der Waals surface area contributed by atoms with Gasteiger partial charge in [0.25, 0.3) is 5.24 Å². The van der Waals surface area contributed by atoms with Crippen LogP contribution in [0.1, 0.15) is 21.5 Å². The third-order valence-corrected chi connectivity index (χ3v) is 5.56. The van der Waals surface area contributed by atoms with E-state index in [-0.39, 0.29) is 28.8 Å². The number of nitrogens with one attached hydrogen (secondary N) is 1. The molecule has 1 N–H and O–H groups in total. The minimum absolute atomic E-state index is 0. The zero-order valence-corrected chi connectivity index (χ0v) is 17.8. The number of benzene rings is 2. The van der Waals surface area contributed by atoms with Crippen molar-refractivity contribution in [2.75, 3.05) is 26.2 Å². The summed E-state index contributed by atoms with van der Waals surface area (Å²) < 4.78 is 0. The Morgan fingerprint density at radius 1 is 0.897 bits per heavy atom. The molecule has 0 radical (unpaired) electrons. The van der Waals surface area contributed by atoms with Crippen molar-refractivity contribution in [1.29, 1.82) is 0 Å². The van der Waals surface area contributed by atoms with E-state index in [1.54, 1.807) is 34.1 Å². The molecule has 0 bridgehead atoms. The Morgan fingerprint density at radius 2 is 1.48 bits per heavy atom. The number of nitrogens with zero attached hydrogens (tertiary/aromatic N) is 2. The van der Waals surface area contributed by atoms with Crippen LogP contribution in [-0.4, -0.2) is 52.4 Å². The Morgan fingerprint density at radius 3 is 2.14 bits per heavy atom. The number of aryl methyl sites for hydroxylation is 1. The molecule has 3 rings (SSSR count). The van der Waals surface area contributed by atoms with Crippen LogP contribution in [0, 0.1) is 6.92 Å². The van der Waals surface area contributed by atoms with Crippen molar-refractivity contribution in [1.82, 2.24) is 15.1 Å². The summed E-state index contributed by atoms with van der Waals surface area (Å²) in [6.45, 7) is 4.24. The standard InChI is InChI=1S/C21H23N3O3S.ClH/c1-16-7-5-6-10-18(16)15-22-20(26)23-11-13-24(14-12-23)21(27)28-19(25)17-8-3-2-4-9-17;/h2-10H,11-15H2,1H3,(H,22,26);1H. The highest BCUT2D eigenvalue weighted by Gasteiger charge is 2.26. The summed E-state index contributed by atoms with van der Waals surface area (Å²) in [6.07, 6.45) is 0. The number of carbonyl (C=O) groups is 3. The first-order valence-electron chi connectivity index (χ1n) is 9.18. The molecule has 3 amide bonds. The van der Waals surface area contributed by atoms with E-state index in [4.69, 9.17) is 0 Å². The second-order valence-corrected chi connectivity index (χ2v) is 7.50. The first-order chi connectivity index (χ1) is 13.5. The number of hydrogen-bond donors (Lipinski definition) is 1. The van der Waals surface area contributed by atoms with E-state index in [9.17, 15) is 14.4 Å². The number of hydrogen-bond acceptors (Lipinski definition) is 4. The van der Waals surface area contributed by atoms with Crippen LogP contribution in [0.15, 0.2) is 54.6 Å². The zero-order valence-electron chi connectivity index (χ0n) is 16.2. The van der Waals surface area contributed by atoms with Crippen molar-refractivity contribution >= 4 is 40.6 Å². The SMILES string of the molecule is Cc1ccccc1CNC(=O)N1CCN(C(=O)SC(=O)c2ccccc2)CC1.Cl. The maximum Gasteiger partial charge on any atom is 0.317 e. The van der Waals surface area contributed by atoms with E-state index in [1.807, 2.05) is 37.3 Å². The summed E-state index contributed by atoms with van der Waals surface area (Å²) in [6, 6.07) is 16.5. The van der Waals surface area contributed by atoms with Gasteiger partial charge in [-0.3, -0.25) is 9.59 Å². The predicted molar refractivity (Wildman–Crippen MR) is 118 cm³/mol. The summed E-state index contributed by atoms with van der Waals surface area (Å²) in [7, 11) is 0. The summed E-state index contributed by atoms with van der Waals surface area (Å²) in [5, 5.41) is 2.40. The number of urea groups is 1. The van der Waals surface area contributed by atoms with Crippen LogP contribution in [0.3, 0.4) is 0 Å². The van der Waals surface area contributed by atoms with Crippen LogP contribution in [0.5, 0.6) is 0 Å². The smallest absolute Gasteiger partial charge is 0.317 e. The summed E-state index contributed by atoms with van der Waals surface area (Å²) in [4.78, 5) is 40.2. The molecule has 1 fully saturated rings. The van der Waals surface area contributed by atoms with Gasteiger partial charge >= 0.3 is 6.03 Å². The van der Waals surface area contributed by atoms with Gasteiger partial charge in [0.2, 0.25) is 5.12 Å². The first-order valence-corrected chi connectivity index (χ1v) is 9.99. The van der Waals surface area contributed by atoms with Gasteiger partial charge in [-0.25, -0.2) is 4.79 Å². The molecule has 0 saturated carbocycles. The molecule has 0 atom stereocenters. The van der Waals surface area contributed by atoms with E-state index in [1.165, 1.54) is 0 Å².